The summed E-state index contributed by atoms with van der Waals surface area (Å²) in [5.74, 6) is 0. The van der Waals surface area contributed by atoms with Crippen molar-refractivity contribution in [2.45, 2.75) is 33.1 Å². The van der Waals surface area contributed by atoms with Gasteiger partial charge in [0.1, 0.15) is 0 Å². The molecule has 0 amide bonds. The number of hydrogen-bond donors (Lipinski definition) is 0. The van der Waals surface area contributed by atoms with Crippen molar-refractivity contribution < 1.29 is 0 Å². The Labute approximate surface area is 309 Å². The molecule has 1 aliphatic carbocycles. The maximum Gasteiger partial charge on any atom is 0.0440 e. The van der Waals surface area contributed by atoms with Gasteiger partial charge in [-0.1, -0.05) is 159 Å². The predicted octanol–water partition coefficient (Wildman–Crippen LogP) is 15.0. The normalized spacial score (nSPS) is 14.2. The molecule has 1 heterocycles. The van der Waals surface area contributed by atoms with E-state index >= 15 is 0 Å². The Kier molecular flexibility index (Phi) is 6.94. The van der Waals surface area contributed by atoms with E-state index in [1.807, 2.05) is 11.3 Å². The first kappa shape index (κ1) is 31.0. The predicted molar refractivity (Wildman–Crippen MR) is 229 cm³/mol. The average molecular weight is 683 g/mol. The molecule has 1 aliphatic rings. The van der Waals surface area contributed by atoms with Crippen LogP contribution in [-0.2, 0) is 5.41 Å². The van der Waals surface area contributed by atoms with Crippen LogP contribution in [0.3, 0.4) is 0 Å². The number of benzene rings is 8. The number of fused-ring (bicyclic) bond motifs is 11. The number of hydrogen-bond acceptors (Lipinski definition) is 1. The van der Waals surface area contributed by atoms with Crippen molar-refractivity contribution in [3.8, 4) is 22.3 Å². The molecular formula is C51H38S. The fourth-order valence-electron chi connectivity index (χ4n) is 8.96. The Morgan fingerprint density at radius 3 is 1.87 bits per heavy atom. The Balaban J connectivity index is 1.10. The summed E-state index contributed by atoms with van der Waals surface area (Å²) in [6, 6.07) is 54.0. The lowest BCUT2D eigenvalue weighted by atomic mass is 9.81. The van der Waals surface area contributed by atoms with Gasteiger partial charge in [0.2, 0.25) is 0 Å². The van der Waals surface area contributed by atoms with E-state index in [0.29, 0.717) is 0 Å². The minimum atomic E-state index is -0.0991. The summed E-state index contributed by atoms with van der Waals surface area (Å²) in [7, 11) is 0. The lowest BCUT2D eigenvalue weighted by molar-refractivity contribution is 0.660. The maximum atomic E-state index is 2.46. The van der Waals surface area contributed by atoms with Crippen molar-refractivity contribution in [3.63, 3.8) is 0 Å². The van der Waals surface area contributed by atoms with E-state index < -0.39 is 0 Å². The Hall–Kier alpha value is -5.76. The van der Waals surface area contributed by atoms with Gasteiger partial charge in [-0.3, -0.25) is 0 Å². The van der Waals surface area contributed by atoms with Gasteiger partial charge in [-0.2, -0.15) is 0 Å². The molecule has 248 valence electrons. The molecule has 8 aromatic carbocycles. The molecule has 9 aromatic rings. The number of rotatable bonds is 4. The van der Waals surface area contributed by atoms with Crippen LogP contribution in [0, 0.1) is 0 Å². The van der Waals surface area contributed by atoms with Gasteiger partial charge in [0.25, 0.3) is 0 Å². The van der Waals surface area contributed by atoms with Crippen molar-refractivity contribution >= 4 is 75.0 Å². The molecule has 0 saturated heterocycles. The highest BCUT2D eigenvalue weighted by atomic mass is 32.1. The summed E-state index contributed by atoms with van der Waals surface area (Å²) < 4.78 is 2.75. The van der Waals surface area contributed by atoms with E-state index in [1.54, 1.807) is 0 Å². The summed E-state index contributed by atoms with van der Waals surface area (Å²) in [5.41, 5.74) is 13.2. The molecule has 1 aromatic heterocycles. The molecule has 0 radical (unpaired) electrons. The molecule has 1 heteroatoms. The van der Waals surface area contributed by atoms with Crippen LogP contribution < -0.4 is 0 Å². The molecule has 0 bridgehead atoms. The van der Waals surface area contributed by atoms with Crippen LogP contribution in [0.1, 0.15) is 49.9 Å². The largest absolute Gasteiger partial charge is 0.135 e. The fraction of sp³-hybridized carbons (Fsp3) is 0.0980. The van der Waals surface area contributed by atoms with Gasteiger partial charge in [-0.25, -0.2) is 0 Å². The fourth-order valence-corrected chi connectivity index (χ4v) is 10.2. The molecule has 0 N–H and O–H groups in total. The van der Waals surface area contributed by atoms with Crippen LogP contribution in [0.25, 0.3) is 85.9 Å². The quantitative estimate of drug-likeness (QED) is 0.128. The molecule has 0 unspecified atom stereocenters. The van der Waals surface area contributed by atoms with E-state index in [-0.39, 0.29) is 5.41 Å². The lowest BCUT2D eigenvalue weighted by Gasteiger charge is -2.22. The third-order valence-electron chi connectivity index (χ3n) is 11.6. The SMILES string of the molecule is C/C(=C\C=C(/C)c1c2ccccc2c(-c2ccccc2)c2ccccc12)c1ccc2c(c1)C(C)(C)c1ccc3ccc4c5ccccc5sc4c3c1-2. The van der Waals surface area contributed by atoms with E-state index in [2.05, 4.69) is 185 Å². The van der Waals surface area contributed by atoms with Gasteiger partial charge in [0.15, 0.2) is 0 Å². The van der Waals surface area contributed by atoms with Crippen molar-refractivity contribution in [1.82, 2.24) is 0 Å². The van der Waals surface area contributed by atoms with Crippen LogP contribution in [-0.4, -0.2) is 0 Å². The van der Waals surface area contributed by atoms with Gasteiger partial charge in [0, 0.05) is 31.0 Å². The molecule has 10 rings (SSSR count). The third-order valence-corrected chi connectivity index (χ3v) is 12.8. The van der Waals surface area contributed by atoms with Crippen molar-refractivity contribution in [1.29, 1.82) is 0 Å². The van der Waals surface area contributed by atoms with E-state index in [4.69, 9.17) is 0 Å². The van der Waals surface area contributed by atoms with E-state index in [1.165, 1.54) is 108 Å². The monoisotopic (exact) mass is 682 g/mol. The maximum absolute atomic E-state index is 2.46. The minimum absolute atomic E-state index is 0.0991. The zero-order valence-electron chi connectivity index (χ0n) is 29.9. The summed E-state index contributed by atoms with van der Waals surface area (Å²) >= 11 is 1.93. The molecule has 0 nitrogen and oxygen atoms in total. The average Bonchev–Trinajstić information content (AvgIpc) is 3.68. The zero-order chi connectivity index (χ0) is 35.1. The molecule has 0 aliphatic heterocycles. The second-order valence-electron chi connectivity index (χ2n) is 14.9. The molecule has 0 atom stereocenters. The first-order chi connectivity index (χ1) is 25.4. The first-order valence-electron chi connectivity index (χ1n) is 18.3. The van der Waals surface area contributed by atoms with Crippen molar-refractivity contribution in [2.75, 3.05) is 0 Å². The minimum Gasteiger partial charge on any atom is -0.135 e. The Morgan fingerprint density at radius 2 is 1.13 bits per heavy atom. The topological polar surface area (TPSA) is 0 Å². The van der Waals surface area contributed by atoms with Crippen LogP contribution >= 0.6 is 11.3 Å². The van der Waals surface area contributed by atoms with Crippen molar-refractivity contribution in [2.24, 2.45) is 0 Å². The highest BCUT2D eigenvalue weighted by Gasteiger charge is 2.37. The first-order valence-corrected chi connectivity index (χ1v) is 19.1. The van der Waals surface area contributed by atoms with Crippen LogP contribution in [0.4, 0.5) is 0 Å². The molecule has 0 fully saturated rings. The third kappa shape index (κ3) is 4.52. The second kappa shape index (κ2) is 11.6. The van der Waals surface area contributed by atoms with Gasteiger partial charge in [-0.05, 0) is 109 Å². The standard InChI is InChI=1S/C51H38S/c1-31(22-23-32(2)46-37-17-8-10-19-39(37)47(33-14-6-5-7-15-33)40-20-11-9-18-38(40)46)35-25-28-42-44(30-35)51(3,4)43-29-26-34-24-27-41-36-16-12-13-21-45(36)52-50(41)48(34)49(42)43/h5-30H,1-4H3/b31-22+,32-23+. The van der Waals surface area contributed by atoms with Gasteiger partial charge in [0.05, 0.1) is 0 Å². The number of thiophene rings is 1. The van der Waals surface area contributed by atoms with E-state index in [0.717, 1.165) is 0 Å². The Morgan fingerprint density at radius 1 is 0.519 bits per heavy atom. The van der Waals surface area contributed by atoms with Crippen molar-refractivity contribution in [3.05, 3.63) is 180 Å². The highest BCUT2D eigenvalue weighted by Crippen LogP contribution is 2.54. The Bertz CT molecular complexity index is 2930. The summed E-state index contributed by atoms with van der Waals surface area (Å²) in [5, 5.41) is 10.6. The summed E-state index contributed by atoms with van der Waals surface area (Å²) in [6.07, 6.45) is 4.64. The van der Waals surface area contributed by atoms with Crippen LogP contribution in [0.2, 0.25) is 0 Å². The molecule has 52 heavy (non-hydrogen) atoms. The molecule has 0 saturated carbocycles. The van der Waals surface area contributed by atoms with Gasteiger partial charge >= 0.3 is 0 Å². The highest BCUT2D eigenvalue weighted by molar-refractivity contribution is 7.26. The van der Waals surface area contributed by atoms with Crippen LogP contribution in [0.15, 0.2) is 158 Å². The molecular weight excluding hydrogens is 645 g/mol. The summed E-state index contributed by atoms with van der Waals surface area (Å²) in [4.78, 5) is 0. The zero-order valence-corrected chi connectivity index (χ0v) is 30.7. The second-order valence-corrected chi connectivity index (χ2v) is 16.0. The summed E-state index contributed by atoms with van der Waals surface area (Å²) in [6.45, 7) is 9.32. The molecule has 0 spiro atoms. The van der Waals surface area contributed by atoms with Gasteiger partial charge < -0.3 is 0 Å². The van der Waals surface area contributed by atoms with Crippen LogP contribution in [0.5, 0.6) is 0 Å². The lowest BCUT2D eigenvalue weighted by Crippen LogP contribution is -2.15. The van der Waals surface area contributed by atoms with E-state index in [9.17, 15) is 0 Å². The van der Waals surface area contributed by atoms with Gasteiger partial charge in [-0.15, -0.1) is 11.3 Å². The number of allylic oxidation sites excluding steroid dienone is 4. The smallest absolute Gasteiger partial charge is 0.0440 e.